The van der Waals surface area contributed by atoms with E-state index in [1.165, 1.54) is 36.9 Å². The van der Waals surface area contributed by atoms with Gasteiger partial charge in [-0.25, -0.2) is 0 Å². The Kier molecular flexibility index (Phi) is 3.08. The molecule has 0 spiro atoms. The second kappa shape index (κ2) is 4.50. The molecule has 78 valence electrons. The van der Waals surface area contributed by atoms with Crippen molar-refractivity contribution in [3.8, 4) is 0 Å². The van der Waals surface area contributed by atoms with Crippen LogP contribution in [-0.4, -0.2) is 31.9 Å². The Morgan fingerprint density at radius 2 is 2.07 bits per heavy atom. The van der Waals surface area contributed by atoms with Crippen molar-refractivity contribution in [1.82, 2.24) is 20.2 Å². The molecule has 14 heavy (non-hydrogen) atoms. The van der Waals surface area contributed by atoms with Crippen LogP contribution in [-0.2, 0) is 6.54 Å². The molecule has 0 saturated heterocycles. The van der Waals surface area contributed by atoms with Gasteiger partial charge < -0.3 is 5.11 Å². The number of aliphatic hydroxyl groups is 1. The zero-order chi connectivity index (χ0) is 9.80. The van der Waals surface area contributed by atoms with Crippen LogP contribution < -0.4 is 0 Å². The molecule has 1 aromatic heterocycles. The lowest BCUT2D eigenvalue weighted by Crippen LogP contribution is -2.09. The van der Waals surface area contributed by atoms with Crippen molar-refractivity contribution >= 4 is 0 Å². The lowest BCUT2D eigenvalue weighted by atomic mass is 9.89. The van der Waals surface area contributed by atoms with Crippen molar-refractivity contribution in [2.24, 2.45) is 0 Å². The summed E-state index contributed by atoms with van der Waals surface area (Å²) in [5.41, 5.74) is 0. The molecule has 2 rings (SSSR count). The highest BCUT2D eigenvalue weighted by Crippen LogP contribution is 2.29. The number of aromatic nitrogens is 4. The van der Waals surface area contributed by atoms with Gasteiger partial charge in [-0.15, -0.1) is 10.2 Å². The molecule has 0 unspecified atom stereocenters. The summed E-state index contributed by atoms with van der Waals surface area (Å²) in [6.45, 7) is 0.514. The van der Waals surface area contributed by atoms with E-state index in [-0.39, 0.29) is 6.61 Å². The monoisotopic (exact) mass is 196 g/mol. The second-order valence-electron chi connectivity index (χ2n) is 3.80. The lowest BCUT2D eigenvalue weighted by Gasteiger charge is -2.17. The summed E-state index contributed by atoms with van der Waals surface area (Å²) in [4.78, 5) is 1.48. The van der Waals surface area contributed by atoms with E-state index in [4.69, 9.17) is 5.11 Å². The molecule has 0 aliphatic heterocycles. The molecule has 5 heteroatoms. The summed E-state index contributed by atoms with van der Waals surface area (Å²) in [7, 11) is 0. The molecule has 5 nitrogen and oxygen atoms in total. The predicted molar refractivity (Wildman–Crippen MR) is 50.7 cm³/mol. The normalized spacial score (nSPS) is 18.6. The first-order valence-electron chi connectivity index (χ1n) is 5.28. The van der Waals surface area contributed by atoms with Crippen LogP contribution >= 0.6 is 0 Å². The zero-order valence-electron chi connectivity index (χ0n) is 8.26. The van der Waals surface area contributed by atoms with Gasteiger partial charge in [0.1, 0.15) is 0 Å². The topological polar surface area (TPSA) is 63.8 Å². The average Bonchev–Trinajstić information content (AvgIpc) is 2.68. The third-order valence-electron chi connectivity index (χ3n) is 2.74. The van der Waals surface area contributed by atoms with Crippen LogP contribution in [0.15, 0.2) is 0 Å². The largest absolute Gasteiger partial charge is 0.394 e. The van der Waals surface area contributed by atoms with Crippen LogP contribution in [0.1, 0.15) is 43.8 Å². The first-order valence-corrected chi connectivity index (χ1v) is 5.28. The van der Waals surface area contributed by atoms with Gasteiger partial charge in [0.25, 0.3) is 0 Å². The second-order valence-corrected chi connectivity index (χ2v) is 3.80. The Labute approximate surface area is 83.1 Å². The molecule has 0 bridgehead atoms. The van der Waals surface area contributed by atoms with Crippen LogP contribution in [0.3, 0.4) is 0 Å². The van der Waals surface area contributed by atoms with Crippen LogP contribution in [0.25, 0.3) is 0 Å². The highest BCUT2D eigenvalue weighted by Gasteiger charge is 2.19. The zero-order valence-corrected chi connectivity index (χ0v) is 8.26. The molecular formula is C9H16N4O. The standard InChI is InChI=1S/C9H16N4O/c14-7-6-13-11-9(10-12-13)8-4-2-1-3-5-8/h8,14H,1-7H2. The molecule has 0 radical (unpaired) electrons. The van der Waals surface area contributed by atoms with Crippen molar-refractivity contribution in [3.63, 3.8) is 0 Å². The summed E-state index contributed by atoms with van der Waals surface area (Å²) in [6, 6.07) is 0. The molecule has 0 atom stereocenters. The molecule has 1 heterocycles. The number of aliphatic hydroxyl groups excluding tert-OH is 1. The fraction of sp³-hybridized carbons (Fsp3) is 0.889. The van der Waals surface area contributed by atoms with E-state index in [0.717, 1.165) is 5.82 Å². The quantitative estimate of drug-likeness (QED) is 0.773. The van der Waals surface area contributed by atoms with Crippen molar-refractivity contribution < 1.29 is 5.11 Å². The Hall–Kier alpha value is -0.970. The molecule has 1 aliphatic carbocycles. The summed E-state index contributed by atoms with van der Waals surface area (Å²) >= 11 is 0. The summed E-state index contributed by atoms with van der Waals surface area (Å²) in [5.74, 6) is 1.36. The first kappa shape index (κ1) is 9.58. The minimum atomic E-state index is 0.0699. The summed E-state index contributed by atoms with van der Waals surface area (Å²) in [5, 5.41) is 20.9. The van der Waals surface area contributed by atoms with E-state index in [9.17, 15) is 0 Å². The third-order valence-corrected chi connectivity index (χ3v) is 2.74. The number of nitrogens with zero attached hydrogens (tertiary/aromatic N) is 4. The highest BCUT2D eigenvalue weighted by atomic mass is 16.3. The Balaban J connectivity index is 2.00. The average molecular weight is 196 g/mol. The van der Waals surface area contributed by atoms with Gasteiger partial charge in [-0.05, 0) is 18.1 Å². The maximum absolute atomic E-state index is 8.71. The molecule has 1 saturated carbocycles. The molecule has 1 aliphatic rings. The predicted octanol–water partition coefficient (Wildman–Crippen LogP) is 0.713. The van der Waals surface area contributed by atoms with E-state index in [0.29, 0.717) is 12.5 Å². The number of hydrogen-bond donors (Lipinski definition) is 1. The number of hydrogen-bond acceptors (Lipinski definition) is 4. The van der Waals surface area contributed by atoms with Gasteiger partial charge in [-0.3, -0.25) is 0 Å². The summed E-state index contributed by atoms with van der Waals surface area (Å²) < 4.78 is 0. The van der Waals surface area contributed by atoms with Crippen LogP contribution in [0.2, 0.25) is 0 Å². The van der Waals surface area contributed by atoms with Crippen LogP contribution in [0.5, 0.6) is 0 Å². The molecule has 1 fully saturated rings. The van der Waals surface area contributed by atoms with Crippen molar-refractivity contribution in [3.05, 3.63) is 5.82 Å². The third kappa shape index (κ3) is 2.09. The fourth-order valence-electron chi connectivity index (χ4n) is 1.96. The first-order chi connectivity index (χ1) is 6.90. The van der Waals surface area contributed by atoms with Crippen molar-refractivity contribution in [2.75, 3.05) is 6.61 Å². The molecule has 1 N–H and O–H groups in total. The van der Waals surface area contributed by atoms with Crippen molar-refractivity contribution in [1.29, 1.82) is 0 Å². The van der Waals surface area contributed by atoms with Gasteiger partial charge in [0.05, 0.1) is 13.2 Å². The minimum Gasteiger partial charge on any atom is -0.394 e. The van der Waals surface area contributed by atoms with Gasteiger partial charge in [-0.2, -0.15) is 4.80 Å². The molecule has 1 aromatic rings. The van der Waals surface area contributed by atoms with E-state index in [2.05, 4.69) is 15.4 Å². The lowest BCUT2D eigenvalue weighted by molar-refractivity contribution is 0.258. The minimum absolute atomic E-state index is 0.0699. The van der Waals surface area contributed by atoms with Crippen molar-refractivity contribution in [2.45, 2.75) is 44.6 Å². The van der Waals surface area contributed by atoms with E-state index >= 15 is 0 Å². The molecular weight excluding hydrogens is 180 g/mol. The van der Waals surface area contributed by atoms with Crippen LogP contribution in [0.4, 0.5) is 0 Å². The van der Waals surface area contributed by atoms with E-state index in [1.807, 2.05) is 0 Å². The highest BCUT2D eigenvalue weighted by molar-refractivity contribution is 4.92. The van der Waals surface area contributed by atoms with Gasteiger partial charge in [0, 0.05) is 5.92 Å². The Bertz CT molecular complexity index is 280. The smallest absolute Gasteiger partial charge is 0.177 e. The molecule has 0 aromatic carbocycles. The Morgan fingerprint density at radius 1 is 1.29 bits per heavy atom. The maximum atomic E-state index is 8.71. The van der Waals surface area contributed by atoms with E-state index < -0.39 is 0 Å². The number of rotatable bonds is 3. The van der Waals surface area contributed by atoms with Gasteiger partial charge in [0.2, 0.25) is 0 Å². The summed E-state index contributed by atoms with van der Waals surface area (Å²) in [6.07, 6.45) is 6.26. The fourth-order valence-corrected chi connectivity index (χ4v) is 1.96. The maximum Gasteiger partial charge on any atom is 0.177 e. The van der Waals surface area contributed by atoms with Gasteiger partial charge >= 0.3 is 0 Å². The van der Waals surface area contributed by atoms with Crippen LogP contribution in [0, 0.1) is 0 Å². The van der Waals surface area contributed by atoms with E-state index in [1.54, 1.807) is 0 Å². The Morgan fingerprint density at radius 3 is 2.79 bits per heavy atom. The molecule has 0 amide bonds. The van der Waals surface area contributed by atoms with Gasteiger partial charge in [0.15, 0.2) is 5.82 Å². The number of tetrazole rings is 1. The van der Waals surface area contributed by atoms with Gasteiger partial charge in [-0.1, -0.05) is 19.3 Å². The SMILES string of the molecule is OCCn1nnc(C2CCCCC2)n1.